The van der Waals surface area contributed by atoms with Crippen molar-refractivity contribution in [3.8, 4) is 5.82 Å². The quantitative estimate of drug-likeness (QED) is 0.677. The number of halogens is 1. The maximum Gasteiger partial charge on any atom is 0.321 e. The molecule has 2 aromatic heterocycles. The van der Waals surface area contributed by atoms with E-state index in [0.717, 1.165) is 5.69 Å². The van der Waals surface area contributed by atoms with Gasteiger partial charge in [-0.15, -0.1) is 0 Å². The summed E-state index contributed by atoms with van der Waals surface area (Å²) in [6, 6.07) is 12.4. The Morgan fingerprint density at radius 3 is 2.48 bits per heavy atom. The second-order valence-electron chi connectivity index (χ2n) is 7.31. The Kier molecular flexibility index (Phi) is 6.18. The van der Waals surface area contributed by atoms with Gasteiger partial charge in [0.1, 0.15) is 0 Å². The van der Waals surface area contributed by atoms with Gasteiger partial charge in [-0.25, -0.2) is 14.5 Å². The van der Waals surface area contributed by atoms with Crippen LogP contribution >= 0.6 is 11.6 Å². The minimum Gasteiger partial charge on any atom is -0.337 e. The van der Waals surface area contributed by atoms with Gasteiger partial charge in [0.15, 0.2) is 5.82 Å². The molecule has 1 fully saturated rings. The van der Waals surface area contributed by atoms with Crippen molar-refractivity contribution in [3.05, 3.63) is 71.1 Å². The van der Waals surface area contributed by atoms with Gasteiger partial charge >= 0.3 is 6.03 Å². The molecule has 160 valence electrons. The summed E-state index contributed by atoms with van der Waals surface area (Å²) in [4.78, 5) is 33.6. The zero-order valence-electron chi connectivity index (χ0n) is 17.2. The third-order valence-electron chi connectivity index (χ3n) is 5.27. The van der Waals surface area contributed by atoms with E-state index in [-0.39, 0.29) is 11.9 Å². The second-order valence-corrected chi connectivity index (χ2v) is 7.75. The van der Waals surface area contributed by atoms with E-state index in [2.05, 4.69) is 15.4 Å². The molecule has 3 amide bonds. The van der Waals surface area contributed by atoms with Crippen LogP contribution in [0.1, 0.15) is 22.5 Å². The summed E-state index contributed by atoms with van der Waals surface area (Å²) in [6.45, 7) is 3.94. The molecule has 0 atom stereocenters. The summed E-state index contributed by atoms with van der Waals surface area (Å²) in [6.07, 6.45) is 3.98. The van der Waals surface area contributed by atoms with Crippen LogP contribution < -0.4 is 5.32 Å². The normalized spacial score (nSPS) is 14.3. The van der Waals surface area contributed by atoms with E-state index >= 15 is 0 Å². The summed E-state index contributed by atoms with van der Waals surface area (Å²) in [7, 11) is 0. The first-order valence-corrected chi connectivity index (χ1v) is 10.5. The van der Waals surface area contributed by atoms with Gasteiger partial charge < -0.3 is 15.1 Å². The molecule has 0 bridgehead atoms. The Morgan fingerprint density at radius 1 is 1.00 bits per heavy atom. The molecule has 0 radical (unpaired) electrons. The number of carbonyl (C=O) groups is 2. The molecule has 0 saturated carbocycles. The fraction of sp³-hybridized carbons (Fsp3) is 0.273. The number of nitrogens with zero attached hydrogens (tertiary/aromatic N) is 5. The zero-order valence-corrected chi connectivity index (χ0v) is 17.9. The van der Waals surface area contributed by atoms with Crippen LogP contribution in [0.4, 0.5) is 10.5 Å². The Labute approximate surface area is 185 Å². The molecule has 1 N–H and O–H groups in total. The van der Waals surface area contributed by atoms with Crippen molar-refractivity contribution < 1.29 is 9.59 Å². The minimum absolute atomic E-state index is 0.0837. The molecule has 0 spiro atoms. The van der Waals surface area contributed by atoms with E-state index in [1.54, 1.807) is 51.1 Å². The van der Waals surface area contributed by atoms with Gasteiger partial charge in [-0.1, -0.05) is 17.7 Å². The highest BCUT2D eigenvalue weighted by Gasteiger charge is 2.25. The lowest BCUT2D eigenvalue weighted by Crippen LogP contribution is -2.39. The van der Waals surface area contributed by atoms with Crippen molar-refractivity contribution in [2.45, 2.75) is 13.3 Å². The van der Waals surface area contributed by atoms with Gasteiger partial charge in [-0.3, -0.25) is 4.79 Å². The number of nitrogens with one attached hydrogen (secondary N) is 1. The van der Waals surface area contributed by atoms with Crippen LogP contribution in [0, 0.1) is 6.92 Å². The number of pyridine rings is 1. The van der Waals surface area contributed by atoms with Crippen molar-refractivity contribution in [2.24, 2.45) is 0 Å². The van der Waals surface area contributed by atoms with E-state index < -0.39 is 0 Å². The van der Waals surface area contributed by atoms with Crippen LogP contribution in [0.5, 0.6) is 0 Å². The third-order valence-corrected chi connectivity index (χ3v) is 5.52. The van der Waals surface area contributed by atoms with Crippen molar-refractivity contribution in [1.82, 2.24) is 24.6 Å². The van der Waals surface area contributed by atoms with Gasteiger partial charge in [0.05, 0.1) is 17.5 Å². The molecule has 0 unspecified atom stereocenters. The van der Waals surface area contributed by atoms with E-state index in [1.165, 1.54) is 0 Å². The number of hydrogen-bond donors (Lipinski definition) is 1. The van der Waals surface area contributed by atoms with Gasteiger partial charge in [-0.2, -0.15) is 5.10 Å². The van der Waals surface area contributed by atoms with E-state index in [4.69, 9.17) is 11.6 Å². The SMILES string of the molecule is Cc1c(C(=O)N2CCCN(C(=O)Nc3ccc(Cl)cc3)CC2)cnn1-c1ccccn1. The van der Waals surface area contributed by atoms with Gasteiger partial charge in [0.25, 0.3) is 5.91 Å². The third kappa shape index (κ3) is 4.69. The van der Waals surface area contributed by atoms with Gasteiger partial charge in [0, 0.05) is 43.1 Å². The van der Waals surface area contributed by atoms with E-state index in [9.17, 15) is 9.59 Å². The molecule has 4 rings (SSSR count). The predicted octanol–water partition coefficient (Wildman–Crippen LogP) is 3.61. The van der Waals surface area contributed by atoms with Crippen LogP contribution in [0.2, 0.25) is 5.02 Å². The smallest absolute Gasteiger partial charge is 0.321 e. The monoisotopic (exact) mass is 438 g/mol. The Balaban J connectivity index is 1.40. The number of benzene rings is 1. The molecule has 1 saturated heterocycles. The van der Waals surface area contributed by atoms with Crippen LogP contribution in [0.15, 0.2) is 54.9 Å². The summed E-state index contributed by atoms with van der Waals surface area (Å²) in [5.74, 6) is 0.583. The lowest BCUT2D eigenvalue weighted by molar-refractivity contribution is 0.0762. The number of urea groups is 1. The van der Waals surface area contributed by atoms with Crippen molar-refractivity contribution in [2.75, 3.05) is 31.5 Å². The molecule has 3 aromatic rings. The first-order chi connectivity index (χ1) is 15.0. The van der Waals surface area contributed by atoms with Crippen LogP contribution in [0.3, 0.4) is 0 Å². The lowest BCUT2D eigenvalue weighted by atomic mass is 10.2. The summed E-state index contributed by atoms with van der Waals surface area (Å²) >= 11 is 5.89. The van der Waals surface area contributed by atoms with Crippen LogP contribution in [-0.4, -0.2) is 62.7 Å². The first kappa shape index (κ1) is 20.9. The lowest BCUT2D eigenvalue weighted by Gasteiger charge is -2.22. The van der Waals surface area contributed by atoms with E-state index in [1.807, 2.05) is 25.1 Å². The summed E-state index contributed by atoms with van der Waals surface area (Å²) < 4.78 is 1.66. The van der Waals surface area contributed by atoms with Crippen LogP contribution in [0.25, 0.3) is 5.82 Å². The Morgan fingerprint density at radius 2 is 1.74 bits per heavy atom. The number of anilines is 1. The number of rotatable bonds is 3. The first-order valence-electron chi connectivity index (χ1n) is 10.1. The number of aromatic nitrogens is 3. The van der Waals surface area contributed by atoms with E-state index in [0.29, 0.717) is 54.7 Å². The maximum atomic E-state index is 13.1. The Bertz CT molecular complexity index is 1070. The molecular weight excluding hydrogens is 416 g/mol. The Hall–Kier alpha value is -3.39. The van der Waals surface area contributed by atoms with Crippen molar-refractivity contribution in [1.29, 1.82) is 0 Å². The van der Waals surface area contributed by atoms with Gasteiger partial charge in [-0.05, 0) is 49.7 Å². The highest BCUT2D eigenvalue weighted by molar-refractivity contribution is 6.30. The maximum absolute atomic E-state index is 13.1. The van der Waals surface area contributed by atoms with Crippen molar-refractivity contribution >= 4 is 29.2 Å². The highest BCUT2D eigenvalue weighted by atomic mass is 35.5. The van der Waals surface area contributed by atoms with Crippen LogP contribution in [-0.2, 0) is 0 Å². The zero-order chi connectivity index (χ0) is 21.8. The van der Waals surface area contributed by atoms with Gasteiger partial charge in [0.2, 0.25) is 0 Å². The fourth-order valence-corrected chi connectivity index (χ4v) is 3.69. The average Bonchev–Trinajstić information content (AvgIpc) is 3.00. The topological polar surface area (TPSA) is 83.4 Å². The molecule has 0 aliphatic carbocycles. The number of amides is 3. The molecular formula is C22H23ClN6O2. The second kappa shape index (κ2) is 9.18. The summed E-state index contributed by atoms with van der Waals surface area (Å²) in [5.41, 5.74) is 1.97. The number of carbonyl (C=O) groups excluding carboxylic acids is 2. The fourth-order valence-electron chi connectivity index (χ4n) is 3.56. The molecule has 3 heterocycles. The minimum atomic E-state index is -0.184. The number of hydrogen-bond acceptors (Lipinski definition) is 4. The molecule has 31 heavy (non-hydrogen) atoms. The molecule has 9 heteroatoms. The standard InChI is InChI=1S/C22H23ClN6O2/c1-16-19(15-25-29(16)20-5-2-3-10-24-20)21(30)27-11-4-12-28(14-13-27)22(31)26-18-8-6-17(23)7-9-18/h2-3,5-10,15H,4,11-14H2,1H3,(H,26,31). The molecule has 1 aliphatic rings. The highest BCUT2D eigenvalue weighted by Crippen LogP contribution is 2.17. The average molecular weight is 439 g/mol. The van der Waals surface area contributed by atoms with Crippen molar-refractivity contribution in [3.63, 3.8) is 0 Å². The molecule has 8 nitrogen and oxygen atoms in total. The largest absolute Gasteiger partial charge is 0.337 e. The summed E-state index contributed by atoms with van der Waals surface area (Å²) in [5, 5.41) is 7.84. The molecule has 1 aromatic carbocycles. The molecule has 1 aliphatic heterocycles. The predicted molar refractivity (Wildman–Crippen MR) is 119 cm³/mol.